The molecule has 8 nitrogen and oxygen atoms in total. The van der Waals surface area contributed by atoms with E-state index in [1.54, 1.807) is 0 Å². The molecule has 0 amide bonds. The van der Waals surface area contributed by atoms with Crippen LogP contribution in [0.15, 0.2) is 41.8 Å². The van der Waals surface area contributed by atoms with Crippen molar-refractivity contribution >= 4 is 11.5 Å². The first-order chi connectivity index (χ1) is 14.8. The zero-order valence-corrected chi connectivity index (χ0v) is 18.9. The van der Waals surface area contributed by atoms with E-state index in [-0.39, 0.29) is 11.4 Å². The number of ether oxygens (including phenoxy) is 2. The van der Waals surface area contributed by atoms with Crippen LogP contribution in [0, 0.1) is 6.92 Å². The van der Waals surface area contributed by atoms with Crippen LogP contribution >= 0.6 is 0 Å². The van der Waals surface area contributed by atoms with Crippen molar-refractivity contribution in [1.29, 1.82) is 0 Å². The molecule has 1 aliphatic heterocycles. The molecule has 1 aromatic carbocycles. The highest BCUT2D eigenvalue weighted by Gasteiger charge is 2.55. The van der Waals surface area contributed by atoms with Gasteiger partial charge in [-0.3, -0.25) is 4.57 Å². The Morgan fingerprint density at radius 2 is 2.09 bits per heavy atom. The number of anilines is 1. The third kappa shape index (κ3) is 4.85. The van der Waals surface area contributed by atoms with Gasteiger partial charge in [-0.25, -0.2) is 9.18 Å². The maximum Gasteiger partial charge on any atom is 0.351 e. The zero-order chi connectivity index (χ0) is 23.8. The summed E-state index contributed by atoms with van der Waals surface area (Å²) in [4.78, 5) is 16.5. The van der Waals surface area contributed by atoms with Crippen molar-refractivity contribution in [2.75, 3.05) is 11.9 Å². The van der Waals surface area contributed by atoms with Crippen LogP contribution in [0.25, 0.3) is 5.70 Å². The lowest BCUT2D eigenvalue weighted by atomic mass is 9.98. The Morgan fingerprint density at radius 3 is 2.66 bits per heavy atom. The van der Waals surface area contributed by atoms with Crippen LogP contribution in [0.1, 0.15) is 45.0 Å². The molecule has 3 N–H and O–H groups in total. The lowest BCUT2D eigenvalue weighted by molar-refractivity contribution is -0.0610. The summed E-state index contributed by atoms with van der Waals surface area (Å²) in [7, 11) is 0. The zero-order valence-electron chi connectivity index (χ0n) is 18.9. The number of hydrogen-bond donors (Lipinski definition) is 3. The number of alkyl halides is 1. The molecule has 32 heavy (non-hydrogen) atoms. The van der Waals surface area contributed by atoms with Crippen LogP contribution in [-0.4, -0.2) is 49.8 Å². The van der Waals surface area contributed by atoms with Gasteiger partial charge in [0.15, 0.2) is 11.9 Å². The Hall–Kier alpha value is -2.75. The van der Waals surface area contributed by atoms with Crippen molar-refractivity contribution in [2.45, 2.75) is 64.3 Å². The fourth-order valence-corrected chi connectivity index (χ4v) is 3.48. The lowest BCUT2D eigenvalue weighted by Crippen LogP contribution is -2.42. The van der Waals surface area contributed by atoms with Gasteiger partial charge in [0, 0.05) is 17.5 Å². The van der Waals surface area contributed by atoms with Gasteiger partial charge in [0.1, 0.15) is 29.4 Å². The molecule has 0 spiro atoms. The second-order valence-corrected chi connectivity index (χ2v) is 9.11. The molecule has 174 valence electrons. The topological polar surface area (TPSA) is 106 Å². The molecule has 1 saturated heterocycles. The van der Waals surface area contributed by atoms with Crippen LogP contribution in [-0.2, 0) is 4.74 Å². The Kier molecular flexibility index (Phi) is 6.46. The van der Waals surface area contributed by atoms with Gasteiger partial charge in [-0.2, -0.15) is 4.98 Å². The monoisotopic (exact) mass is 447 g/mol. The standard InChI is InChI=1S/C23H30FN3O5/c1-13-7-8-15(11-16(13)32-22(3,4)5)14(2)25-18-9-10-27(21(30)26-18)20-23(6,24)19(29)17(12-28)31-20/h7-11,17,19-20,28-29H,2,12H2,1,3-6H3,(H,25,26,30)/t17-,19-,20?,23?/m1/s1. The minimum Gasteiger partial charge on any atom is -0.488 e. The van der Waals surface area contributed by atoms with E-state index in [1.165, 1.54) is 12.3 Å². The SMILES string of the molecule is C=C(Nc1ccn(C2O[C@H](CO)[C@@H](O)C2(C)F)c(=O)n1)c1ccc(C)c(OC(C)(C)C)c1. The van der Waals surface area contributed by atoms with E-state index in [0.29, 0.717) is 5.70 Å². The minimum absolute atomic E-state index is 0.216. The van der Waals surface area contributed by atoms with E-state index in [0.717, 1.165) is 28.4 Å². The average Bonchev–Trinajstić information content (AvgIpc) is 2.92. The minimum atomic E-state index is -2.28. The Labute approximate surface area is 186 Å². The van der Waals surface area contributed by atoms with E-state index in [2.05, 4.69) is 16.9 Å². The van der Waals surface area contributed by atoms with Crippen molar-refractivity contribution in [3.05, 3.63) is 58.7 Å². The summed E-state index contributed by atoms with van der Waals surface area (Å²) >= 11 is 0. The Bertz CT molecular complexity index is 1060. The summed E-state index contributed by atoms with van der Waals surface area (Å²) in [5, 5.41) is 22.3. The second-order valence-electron chi connectivity index (χ2n) is 9.11. The predicted octanol–water partition coefficient (Wildman–Crippen LogP) is 2.79. The first kappa shape index (κ1) is 23.9. The number of rotatable bonds is 6. The number of aliphatic hydroxyl groups is 2. The van der Waals surface area contributed by atoms with Crippen LogP contribution < -0.4 is 15.7 Å². The fraction of sp³-hybridized carbons (Fsp3) is 0.478. The van der Waals surface area contributed by atoms with E-state index < -0.39 is 36.4 Å². The van der Waals surface area contributed by atoms with Crippen molar-refractivity contribution < 1.29 is 24.1 Å². The number of hydrogen-bond acceptors (Lipinski definition) is 7. The van der Waals surface area contributed by atoms with E-state index in [4.69, 9.17) is 9.47 Å². The van der Waals surface area contributed by atoms with Gasteiger partial charge in [0.05, 0.1) is 6.61 Å². The van der Waals surface area contributed by atoms with Crippen LogP contribution in [0.5, 0.6) is 5.75 Å². The predicted molar refractivity (Wildman–Crippen MR) is 119 cm³/mol. The summed E-state index contributed by atoms with van der Waals surface area (Å²) in [6, 6.07) is 7.12. The molecular weight excluding hydrogens is 417 g/mol. The third-order valence-corrected chi connectivity index (χ3v) is 5.21. The van der Waals surface area contributed by atoms with Crippen LogP contribution in [0.2, 0.25) is 0 Å². The van der Waals surface area contributed by atoms with Crippen molar-refractivity contribution in [3.8, 4) is 5.75 Å². The number of nitrogens with one attached hydrogen (secondary N) is 1. The van der Waals surface area contributed by atoms with E-state index in [9.17, 15) is 19.4 Å². The van der Waals surface area contributed by atoms with E-state index >= 15 is 0 Å². The normalized spacial score (nSPS) is 25.6. The van der Waals surface area contributed by atoms with E-state index in [1.807, 2.05) is 45.9 Å². The molecular formula is C23H30FN3O5. The number of halogens is 1. The molecule has 2 unspecified atom stereocenters. The summed E-state index contributed by atoms with van der Waals surface area (Å²) in [6.45, 7) is 12.4. The first-order valence-corrected chi connectivity index (χ1v) is 10.3. The van der Waals surface area contributed by atoms with Gasteiger partial charge in [0.25, 0.3) is 0 Å². The fourth-order valence-electron chi connectivity index (χ4n) is 3.48. The highest BCUT2D eigenvalue weighted by Crippen LogP contribution is 2.40. The molecule has 0 saturated carbocycles. The molecule has 0 bridgehead atoms. The summed E-state index contributed by atoms with van der Waals surface area (Å²) in [5.41, 5.74) is -1.18. The highest BCUT2D eigenvalue weighted by atomic mass is 19.1. The molecule has 2 heterocycles. The average molecular weight is 448 g/mol. The molecule has 0 radical (unpaired) electrons. The van der Waals surface area contributed by atoms with Crippen LogP contribution in [0.3, 0.4) is 0 Å². The van der Waals surface area contributed by atoms with Crippen LogP contribution in [0.4, 0.5) is 10.2 Å². The number of aromatic nitrogens is 2. The molecule has 0 aliphatic carbocycles. The molecule has 1 aromatic heterocycles. The lowest BCUT2D eigenvalue weighted by Gasteiger charge is -2.25. The third-order valence-electron chi connectivity index (χ3n) is 5.21. The van der Waals surface area contributed by atoms with Gasteiger partial charge in [0.2, 0.25) is 0 Å². The number of benzene rings is 1. The summed E-state index contributed by atoms with van der Waals surface area (Å²) < 4.78 is 27.3. The molecule has 2 aromatic rings. The maximum atomic E-state index is 15.0. The largest absolute Gasteiger partial charge is 0.488 e. The summed E-state index contributed by atoms with van der Waals surface area (Å²) in [5.74, 6) is 0.937. The molecule has 9 heteroatoms. The van der Waals surface area contributed by atoms with Gasteiger partial charge in [-0.15, -0.1) is 0 Å². The number of aliphatic hydroxyl groups excluding tert-OH is 2. The van der Waals surface area contributed by atoms with Crippen molar-refractivity contribution in [2.24, 2.45) is 0 Å². The molecule has 1 fully saturated rings. The molecule has 3 rings (SSSR count). The van der Waals surface area contributed by atoms with Gasteiger partial charge in [-0.1, -0.05) is 18.7 Å². The quantitative estimate of drug-likeness (QED) is 0.625. The second kappa shape index (κ2) is 8.65. The summed E-state index contributed by atoms with van der Waals surface area (Å²) in [6.07, 6.45) is -2.80. The van der Waals surface area contributed by atoms with Gasteiger partial charge in [-0.05, 0) is 52.3 Å². The Morgan fingerprint density at radius 1 is 1.41 bits per heavy atom. The smallest absolute Gasteiger partial charge is 0.351 e. The van der Waals surface area contributed by atoms with Crippen molar-refractivity contribution in [1.82, 2.24) is 9.55 Å². The first-order valence-electron chi connectivity index (χ1n) is 10.3. The number of nitrogens with zero attached hydrogens (tertiary/aromatic N) is 2. The van der Waals surface area contributed by atoms with Crippen molar-refractivity contribution in [3.63, 3.8) is 0 Å². The van der Waals surface area contributed by atoms with Gasteiger partial charge < -0.3 is 25.0 Å². The Balaban J connectivity index is 1.80. The number of aryl methyl sites for hydroxylation is 1. The van der Waals surface area contributed by atoms with Gasteiger partial charge >= 0.3 is 5.69 Å². The maximum absolute atomic E-state index is 15.0. The molecule has 4 atom stereocenters. The highest BCUT2D eigenvalue weighted by molar-refractivity contribution is 5.74. The molecule has 1 aliphatic rings.